The Kier molecular flexibility index (Phi) is 6.80. The van der Waals surface area contributed by atoms with E-state index < -0.39 is 0 Å². The van der Waals surface area contributed by atoms with Crippen LogP contribution in [-0.2, 0) is 0 Å². The van der Waals surface area contributed by atoms with Crippen LogP contribution in [0.25, 0.3) is 10.9 Å². The lowest BCUT2D eigenvalue weighted by molar-refractivity contribution is 0.0953. The molecule has 0 spiro atoms. The number of hydrogen-bond acceptors (Lipinski definition) is 4. The number of fused-ring (bicyclic) bond motifs is 1. The molecular formula is C22H24N2OS2. The molecule has 1 heterocycles. The third-order valence-corrected chi connectivity index (χ3v) is 5.84. The van der Waals surface area contributed by atoms with Crippen molar-refractivity contribution >= 4 is 40.3 Å². The Labute approximate surface area is 169 Å². The van der Waals surface area contributed by atoms with Crippen LogP contribution in [0.3, 0.4) is 0 Å². The molecular weight excluding hydrogens is 372 g/mol. The standard InChI is InChI=1S/C22H24N2OS2/c1-15(2)11-12-23-22(25)19-14-21(24-20-10-5-4-9-18(19)20)27-17-8-6-7-16(13-17)26-3/h4-10,13-15H,11-12H2,1-3H3,(H,23,25). The van der Waals surface area contributed by atoms with Gasteiger partial charge < -0.3 is 5.32 Å². The van der Waals surface area contributed by atoms with Crippen molar-refractivity contribution in [1.82, 2.24) is 10.3 Å². The molecule has 0 fully saturated rings. The highest BCUT2D eigenvalue weighted by Crippen LogP contribution is 2.31. The van der Waals surface area contributed by atoms with Gasteiger partial charge in [-0.1, -0.05) is 49.9 Å². The van der Waals surface area contributed by atoms with Crippen LogP contribution in [0.4, 0.5) is 0 Å². The maximum atomic E-state index is 12.8. The lowest BCUT2D eigenvalue weighted by atomic mass is 10.1. The molecule has 3 rings (SSSR count). The third-order valence-electron chi connectivity index (χ3n) is 4.21. The molecule has 0 bridgehead atoms. The molecule has 27 heavy (non-hydrogen) atoms. The van der Waals surface area contributed by atoms with Gasteiger partial charge in [0.2, 0.25) is 0 Å². The first kappa shape index (κ1) is 19.8. The van der Waals surface area contributed by atoms with Crippen molar-refractivity contribution in [3.05, 3.63) is 60.2 Å². The predicted octanol–water partition coefficient (Wildman–Crippen LogP) is 5.88. The molecule has 5 heteroatoms. The molecule has 0 aliphatic heterocycles. The summed E-state index contributed by atoms with van der Waals surface area (Å²) in [5, 5.41) is 4.78. The SMILES string of the molecule is CSc1cccc(Sc2cc(C(=O)NCCC(C)C)c3ccccc3n2)c1. The van der Waals surface area contributed by atoms with Gasteiger partial charge in [0.1, 0.15) is 5.03 Å². The number of para-hydroxylation sites is 1. The number of hydrogen-bond donors (Lipinski definition) is 1. The summed E-state index contributed by atoms with van der Waals surface area (Å²) < 4.78 is 0. The van der Waals surface area contributed by atoms with E-state index in [-0.39, 0.29) is 5.91 Å². The molecule has 0 aliphatic rings. The van der Waals surface area contributed by atoms with Gasteiger partial charge in [-0.05, 0) is 48.9 Å². The highest BCUT2D eigenvalue weighted by Gasteiger charge is 2.13. The number of benzene rings is 2. The molecule has 0 atom stereocenters. The summed E-state index contributed by atoms with van der Waals surface area (Å²) in [6.45, 7) is 5.00. The summed E-state index contributed by atoms with van der Waals surface area (Å²) in [6, 6.07) is 18.1. The average molecular weight is 397 g/mol. The summed E-state index contributed by atoms with van der Waals surface area (Å²) in [5.41, 5.74) is 1.53. The maximum Gasteiger partial charge on any atom is 0.252 e. The lowest BCUT2D eigenvalue weighted by Crippen LogP contribution is -2.25. The summed E-state index contributed by atoms with van der Waals surface area (Å²) >= 11 is 3.31. The second-order valence-corrected chi connectivity index (χ2v) is 8.72. The van der Waals surface area contributed by atoms with E-state index in [0.29, 0.717) is 18.0 Å². The van der Waals surface area contributed by atoms with Crippen molar-refractivity contribution in [3.63, 3.8) is 0 Å². The molecule has 140 valence electrons. The number of amides is 1. The molecule has 0 unspecified atom stereocenters. The zero-order chi connectivity index (χ0) is 19.2. The lowest BCUT2D eigenvalue weighted by Gasteiger charge is -2.11. The molecule has 2 aromatic carbocycles. The number of thioether (sulfide) groups is 1. The van der Waals surface area contributed by atoms with Crippen LogP contribution in [0.5, 0.6) is 0 Å². The van der Waals surface area contributed by atoms with Gasteiger partial charge in [0.05, 0.1) is 11.1 Å². The van der Waals surface area contributed by atoms with Gasteiger partial charge in [0.25, 0.3) is 5.91 Å². The molecule has 0 aliphatic carbocycles. The van der Waals surface area contributed by atoms with Gasteiger partial charge in [-0.2, -0.15) is 0 Å². The average Bonchev–Trinajstić information content (AvgIpc) is 2.67. The monoisotopic (exact) mass is 396 g/mol. The number of carbonyl (C=O) groups is 1. The van der Waals surface area contributed by atoms with Crippen LogP contribution in [0, 0.1) is 5.92 Å². The second-order valence-electron chi connectivity index (χ2n) is 6.74. The first-order valence-corrected chi connectivity index (χ1v) is 11.1. The molecule has 0 radical (unpaired) electrons. The van der Waals surface area contributed by atoms with Crippen LogP contribution in [-0.4, -0.2) is 23.7 Å². The molecule has 1 N–H and O–H groups in total. The minimum absolute atomic E-state index is 0.0334. The Morgan fingerprint density at radius 2 is 1.85 bits per heavy atom. The van der Waals surface area contributed by atoms with Crippen LogP contribution in [0.2, 0.25) is 0 Å². The normalized spacial score (nSPS) is 11.1. The summed E-state index contributed by atoms with van der Waals surface area (Å²) in [5.74, 6) is 0.531. The number of nitrogens with zero attached hydrogens (tertiary/aromatic N) is 1. The number of rotatable bonds is 7. The number of nitrogens with one attached hydrogen (secondary N) is 1. The largest absolute Gasteiger partial charge is 0.352 e. The van der Waals surface area contributed by atoms with Crippen LogP contribution in [0.15, 0.2) is 69.4 Å². The highest BCUT2D eigenvalue weighted by molar-refractivity contribution is 7.99. The maximum absolute atomic E-state index is 12.8. The Morgan fingerprint density at radius 1 is 1.07 bits per heavy atom. The van der Waals surface area contributed by atoms with Gasteiger partial charge in [-0.15, -0.1) is 11.8 Å². The van der Waals surface area contributed by atoms with E-state index in [4.69, 9.17) is 4.98 Å². The summed E-state index contributed by atoms with van der Waals surface area (Å²) in [6.07, 6.45) is 3.04. The molecule has 0 saturated carbocycles. The Balaban J connectivity index is 1.91. The van der Waals surface area contributed by atoms with Crippen LogP contribution >= 0.6 is 23.5 Å². The second kappa shape index (κ2) is 9.29. The molecule has 3 aromatic rings. The van der Waals surface area contributed by atoms with Crippen molar-refractivity contribution in [3.8, 4) is 0 Å². The van der Waals surface area contributed by atoms with E-state index in [0.717, 1.165) is 27.2 Å². The Morgan fingerprint density at radius 3 is 2.63 bits per heavy atom. The van der Waals surface area contributed by atoms with E-state index >= 15 is 0 Å². The van der Waals surface area contributed by atoms with Crippen molar-refractivity contribution in [2.45, 2.75) is 35.1 Å². The van der Waals surface area contributed by atoms with Gasteiger partial charge in [0, 0.05) is 21.7 Å². The van der Waals surface area contributed by atoms with Gasteiger partial charge in [-0.25, -0.2) is 4.98 Å². The van der Waals surface area contributed by atoms with Crippen LogP contribution in [0.1, 0.15) is 30.6 Å². The minimum Gasteiger partial charge on any atom is -0.352 e. The topological polar surface area (TPSA) is 42.0 Å². The molecule has 0 saturated heterocycles. The van der Waals surface area contributed by atoms with Gasteiger partial charge in [-0.3, -0.25) is 4.79 Å². The van der Waals surface area contributed by atoms with Crippen molar-refractivity contribution in [2.75, 3.05) is 12.8 Å². The Hall–Kier alpha value is -1.98. The fourth-order valence-corrected chi connectivity index (χ4v) is 4.18. The van der Waals surface area contributed by atoms with Crippen molar-refractivity contribution in [2.24, 2.45) is 5.92 Å². The van der Waals surface area contributed by atoms with Crippen molar-refractivity contribution in [1.29, 1.82) is 0 Å². The first-order chi connectivity index (χ1) is 13.1. The fraction of sp³-hybridized carbons (Fsp3) is 0.273. The number of pyridine rings is 1. The number of aromatic nitrogens is 1. The molecule has 3 nitrogen and oxygen atoms in total. The predicted molar refractivity (Wildman–Crippen MR) is 116 cm³/mol. The van der Waals surface area contributed by atoms with Gasteiger partial charge >= 0.3 is 0 Å². The quantitative estimate of drug-likeness (QED) is 0.506. The molecule has 1 aromatic heterocycles. The van der Waals surface area contributed by atoms with Crippen LogP contribution < -0.4 is 5.32 Å². The van der Waals surface area contributed by atoms with E-state index in [1.807, 2.05) is 30.3 Å². The van der Waals surface area contributed by atoms with E-state index in [2.05, 4.69) is 49.7 Å². The molecule has 1 amide bonds. The van der Waals surface area contributed by atoms with E-state index in [1.165, 1.54) is 4.90 Å². The van der Waals surface area contributed by atoms with E-state index in [1.54, 1.807) is 23.5 Å². The summed E-state index contributed by atoms with van der Waals surface area (Å²) in [4.78, 5) is 19.9. The third kappa shape index (κ3) is 5.27. The smallest absolute Gasteiger partial charge is 0.252 e. The van der Waals surface area contributed by atoms with Crippen molar-refractivity contribution < 1.29 is 4.79 Å². The minimum atomic E-state index is -0.0334. The summed E-state index contributed by atoms with van der Waals surface area (Å²) in [7, 11) is 0. The number of carbonyl (C=O) groups excluding carboxylic acids is 1. The fourth-order valence-electron chi connectivity index (χ4n) is 2.75. The highest BCUT2D eigenvalue weighted by atomic mass is 32.2. The Bertz CT molecular complexity index is 940. The van der Waals surface area contributed by atoms with Gasteiger partial charge in [0.15, 0.2) is 0 Å². The zero-order valence-corrected chi connectivity index (χ0v) is 17.5. The van der Waals surface area contributed by atoms with E-state index in [9.17, 15) is 4.79 Å². The zero-order valence-electron chi connectivity index (χ0n) is 15.9. The first-order valence-electron chi connectivity index (χ1n) is 9.06.